The third kappa shape index (κ3) is 3.70. The second-order valence-corrected chi connectivity index (χ2v) is 6.14. The largest absolute Gasteiger partial charge is 0.444 e. The first-order valence-corrected chi connectivity index (χ1v) is 6.30. The van der Waals surface area contributed by atoms with E-state index in [1.54, 1.807) is 34.6 Å². The van der Waals surface area contributed by atoms with E-state index >= 15 is 0 Å². The van der Waals surface area contributed by atoms with E-state index in [-0.39, 0.29) is 18.7 Å². The van der Waals surface area contributed by atoms with Gasteiger partial charge in [0.2, 0.25) is 0 Å². The molecule has 0 saturated carbocycles. The molecule has 0 radical (unpaired) electrons. The Balaban J connectivity index is 2.84. The van der Waals surface area contributed by atoms with Gasteiger partial charge in [-0.15, -0.1) is 0 Å². The van der Waals surface area contributed by atoms with Crippen molar-refractivity contribution in [2.45, 2.75) is 64.7 Å². The molecule has 0 unspecified atom stereocenters. The highest BCUT2D eigenvalue weighted by atomic mass is 16.6. The number of ketones is 1. The van der Waals surface area contributed by atoms with Crippen LogP contribution >= 0.6 is 0 Å². The first kappa shape index (κ1) is 15.0. The van der Waals surface area contributed by atoms with E-state index in [9.17, 15) is 14.7 Å². The molecule has 0 aromatic heterocycles. The predicted octanol–water partition coefficient (Wildman–Crippen LogP) is 1.73. The average molecular weight is 257 g/mol. The Hall–Kier alpha value is -1.10. The fourth-order valence-corrected chi connectivity index (χ4v) is 2.10. The predicted molar refractivity (Wildman–Crippen MR) is 67.3 cm³/mol. The highest BCUT2D eigenvalue weighted by molar-refractivity contribution is 5.88. The van der Waals surface area contributed by atoms with Crippen molar-refractivity contribution in [3.8, 4) is 0 Å². The van der Waals surface area contributed by atoms with Crippen LogP contribution in [-0.4, -0.2) is 45.7 Å². The lowest BCUT2D eigenvalue weighted by atomic mass is 10.00. The summed E-state index contributed by atoms with van der Waals surface area (Å²) in [7, 11) is 0. The maximum Gasteiger partial charge on any atom is 0.411 e. The van der Waals surface area contributed by atoms with E-state index < -0.39 is 23.3 Å². The van der Waals surface area contributed by atoms with Gasteiger partial charge in [-0.25, -0.2) is 4.79 Å². The number of β-amino-alcohol motifs (C(OH)–C–C–N with tert-alkyl or cyclic N) is 1. The number of aliphatic hydroxyl groups is 1. The van der Waals surface area contributed by atoms with Gasteiger partial charge in [-0.05, 0) is 27.7 Å². The molecule has 2 atom stereocenters. The Kier molecular flexibility index (Phi) is 4.05. The number of carbonyl (C=O) groups is 2. The summed E-state index contributed by atoms with van der Waals surface area (Å²) in [4.78, 5) is 25.2. The number of amides is 1. The van der Waals surface area contributed by atoms with Crippen molar-refractivity contribution in [1.82, 2.24) is 4.90 Å². The lowest BCUT2D eigenvalue weighted by Gasteiger charge is -2.27. The normalized spacial score (nSPS) is 28.3. The zero-order valence-electron chi connectivity index (χ0n) is 11.8. The zero-order valence-corrected chi connectivity index (χ0v) is 11.8. The van der Waals surface area contributed by atoms with Gasteiger partial charge in [0.25, 0.3) is 0 Å². The van der Waals surface area contributed by atoms with Crippen molar-refractivity contribution in [2.75, 3.05) is 6.54 Å². The standard InChI is InChI=1S/C13H23NO4/c1-6-10(15)9-7-13(5,17)8-14(9)11(16)18-12(2,3)4/h9,17H,6-8H2,1-5H3/t9-,13-/m0/s1. The van der Waals surface area contributed by atoms with Crippen molar-refractivity contribution < 1.29 is 19.4 Å². The number of likely N-dealkylation sites (tertiary alicyclic amines) is 1. The smallest absolute Gasteiger partial charge is 0.411 e. The molecule has 1 aliphatic heterocycles. The summed E-state index contributed by atoms with van der Waals surface area (Å²) in [5.74, 6) is -0.0429. The van der Waals surface area contributed by atoms with Crippen LogP contribution in [-0.2, 0) is 9.53 Å². The van der Waals surface area contributed by atoms with Gasteiger partial charge in [0.05, 0.1) is 18.2 Å². The third-order valence-corrected chi connectivity index (χ3v) is 2.87. The SMILES string of the molecule is CCC(=O)[C@@H]1C[C@](C)(O)CN1C(=O)OC(C)(C)C. The lowest BCUT2D eigenvalue weighted by Crippen LogP contribution is -2.43. The molecule has 0 spiro atoms. The van der Waals surface area contributed by atoms with Crippen molar-refractivity contribution in [1.29, 1.82) is 0 Å². The summed E-state index contributed by atoms with van der Waals surface area (Å²) in [5.41, 5.74) is -1.63. The second kappa shape index (κ2) is 4.88. The van der Waals surface area contributed by atoms with Gasteiger partial charge in [0.15, 0.2) is 5.78 Å². The fraction of sp³-hybridized carbons (Fsp3) is 0.846. The molecular formula is C13H23NO4. The van der Waals surface area contributed by atoms with E-state index in [4.69, 9.17) is 4.74 Å². The molecule has 104 valence electrons. The number of hydrogen-bond donors (Lipinski definition) is 1. The zero-order chi connectivity index (χ0) is 14.1. The van der Waals surface area contributed by atoms with Gasteiger partial charge in [-0.3, -0.25) is 9.69 Å². The van der Waals surface area contributed by atoms with Gasteiger partial charge in [-0.1, -0.05) is 6.92 Å². The van der Waals surface area contributed by atoms with Gasteiger partial charge < -0.3 is 9.84 Å². The van der Waals surface area contributed by atoms with Crippen LogP contribution in [0, 0.1) is 0 Å². The molecule has 5 heteroatoms. The van der Waals surface area contributed by atoms with Gasteiger partial charge in [-0.2, -0.15) is 0 Å². The number of ether oxygens (including phenoxy) is 1. The van der Waals surface area contributed by atoms with Crippen LogP contribution in [0.15, 0.2) is 0 Å². The fourth-order valence-electron chi connectivity index (χ4n) is 2.10. The van der Waals surface area contributed by atoms with Crippen molar-refractivity contribution in [2.24, 2.45) is 0 Å². The maximum atomic E-state index is 12.0. The van der Waals surface area contributed by atoms with E-state index in [1.807, 2.05) is 0 Å². The monoisotopic (exact) mass is 257 g/mol. The average Bonchev–Trinajstić information content (AvgIpc) is 2.51. The van der Waals surface area contributed by atoms with Crippen LogP contribution in [0.4, 0.5) is 4.79 Å². The van der Waals surface area contributed by atoms with Crippen LogP contribution < -0.4 is 0 Å². The molecular weight excluding hydrogens is 234 g/mol. The molecule has 1 heterocycles. The Morgan fingerprint density at radius 1 is 1.44 bits per heavy atom. The molecule has 18 heavy (non-hydrogen) atoms. The highest BCUT2D eigenvalue weighted by Crippen LogP contribution is 2.29. The first-order valence-electron chi connectivity index (χ1n) is 6.30. The molecule has 1 aliphatic rings. The summed E-state index contributed by atoms with van der Waals surface area (Å²) in [5, 5.41) is 10.0. The Morgan fingerprint density at radius 3 is 2.44 bits per heavy atom. The van der Waals surface area contributed by atoms with Crippen LogP contribution in [0.3, 0.4) is 0 Å². The topological polar surface area (TPSA) is 66.8 Å². The van der Waals surface area contributed by atoms with Crippen LogP contribution in [0.5, 0.6) is 0 Å². The molecule has 5 nitrogen and oxygen atoms in total. The molecule has 0 aromatic rings. The Morgan fingerprint density at radius 2 is 2.00 bits per heavy atom. The van der Waals surface area contributed by atoms with Crippen LogP contribution in [0.2, 0.25) is 0 Å². The van der Waals surface area contributed by atoms with Crippen LogP contribution in [0.25, 0.3) is 0 Å². The maximum absolute atomic E-state index is 12.0. The minimum absolute atomic E-state index is 0.0429. The third-order valence-electron chi connectivity index (χ3n) is 2.87. The van der Waals surface area contributed by atoms with E-state index in [0.29, 0.717) is 6.42 Å². The molecule has 0 aromatic carbocycles. The molecule has 0 aliphatic carbocycles. The number of carbonyl (C=O) groups excluding carboxylic acids is 2. The number of Topliss-reactive ketones (excluding diaryl/α,β-unsaturated/α-hetero) is 1. The van der Waals surface area contributed by atoms with E-state index in [2.05, 4.69) is 0 Å². The quantitative estimate of drug-likeness (QED) is 0.818. The van der Waals surface area contributed by atoms with Crippen molar-refractivity contribution >= 4 is 11.9 Å². The molecule has 1 fully saturated rings. The Labute approximate surface area is 108 Å². The lowest BCUT2D eigenvalue weighted by molar-refractivity contribution is -0.123. The van der Waals surface area contributed by atoms with Gasteiger partial charge >= 0.3 is 6.09 Å². The van der Waals surface area contributed by atoms with Crippen LogP contribution in [0.1, 0.15) is 47.5 Å². The van der Waals surface area contributed by atoms with Crippen molar-refractivity contribution in [3.05, 3.63) is 0 Å². The van der Waals surface area contributed by atoms with Gasteiger partial charge in [0, 0.05) is 12.8 Å². The van der Waals surface area contributed by atoms with E-state index in [0.717, 1.165) is 0 Å². The highest BCUT2D eigenvalue weighted by Gasteiger charge is 2.45. The number of nitrogens with zero attached hydrogens (tertiary/aromatic N) is 1. The van der Waals surface area contributed by atoms with Crippen molar-refractivity contribution in [3.63, 3.8) is 0 Å². The summed E-state index contributed by atoms with van der Waals surface area (Å²) in [6, 6.07) is -0.570. The number of rotatable bonds is 2. The Bertz CT molecular complexity index is 343. The van der Waals surface area contributed by atoms with E-state index in [1.165, 1.54) is 4.90 Å². The molecule has 0 bridgehead atoms. The second-order valence-electron chi connectivity index (χ2n) is 6.14. The molecule has 1 amide bonds. The summed E-state index contributed by atoms with van der Waals surface area (Å²) in [6.45, 7) is 8.84. The summed E-state index contributed by atoms with van der Waals surface area (Å²) in [6.07, 6.45) is 0.0889. The van der Waals surface area contributed by atoms with Gasteiger partial charge in [0.1, 0.15) is 5.60 Å². The summed E-state index contributed by atoms with van der Waals surface area (Å²) < 4.78 is 5.26. The minimum atomic E-state index is -1.02. The molecule has 1 saturated heterocycles. The minimum Gasteiger partial charge on any atom is -0.444 e. The molecule has 1 N–H and O–H groups in total. The first-order chi connectivity index (χ1) is 8.06. The summed E-state index contributed by atoms with van der Waals surface area (Å²) >= 11 is 0. The number of hydrogen-bond acceptors (Lipinski definition) is 4. The molecule has 1 rings (SSSR count).